The predicted molar refractivity (Wildman–Crippen MR) is 191 cm³/mol. The van der Waals surface area contributed by atoms with Gasteiger partial charge in [-0.3, -0.25) is 9.59 Å². The molecule has 3 aromatic rings. The topological polar surface area (TPSA) is 152 Å². The van der Waals surface area contributed by atoms with E-state index in [4.69, 9.17) is 42.5 Å². The van der Waals surface area contributed by atoms with Gasteiger partial charge in [-0.1, -0.05) is 69.1 Å². The van der Waals surface area contributed by atoms with E-state index in [0.29, 0.717) is 6.42 Å². The molecule has 1 saturated heterocycles. The Morgan fingerprint density at radius 3 is 2.33 bits per heavy atom. The lowest BCUT2D eigenvalue weighted by atomic mass is 9.63. The van der Waals surface area contributed by atoms with Crippen LogP contribution in [0.15, 0.2) is 54.6 Å². The number of aliphatic carboxylic acids is 1. The third kappa shape index (κ3) is 8.94. The van der Waals surface area contributed by atoms with Crippen molar-refractivity contribution in [2.24, 2.45) is 5.41 Å². The number of carbonyl (C=O) groups excluding carboxylic acids is 3. The summed E-state index contributed by atoms with van der Waals surface area (Å²) in [6.45, 7) is 10.3. The molecule has 1 aliphatic rings. The van der Waals surface area contributed by atoms with Crippen LogP contribution in [-0.4, -0.2) is 60.6 Å². The lowest BCUT2D eigenvalue weighted by Crippen LogP contribution is -2.44. The number of anilines is 1. The molecule has 2 amide bonds. The Bertz CT molecular complexity index is 1860. The standard InChI is InChI=1S/C37H41Cl2F2N3O8/c1-18(33(46)47)42-35(49)52-19(2)51-34(48)20-11-14-26(27(15-20)50-7)43-32(45)31-29(22-9-8-10-24(39)30(22)41)37(6,28(44-31)17-36(3,4)5)23-13-12-21(38)16-25(23)40/h8-16,18-19,28-29,31,44H,17H2,1-7H3,(H,42,49)(H,43,45)(H,46,47)/t18-,19?,28-,29-,31+,37-/m0/s1. The van der Waals surface area contributed by atoms with Gasteiger partial charge >= 0.3 is 18.0 Å². The van der Waals surface area contributed by atoms with Crippen LogP contribution < -0.4 is 20.7 Å². The maximum absolute atomic E-state index is 16.0. The Morgan fingerprint density at radius 2 is 1.71 bits per heavy atom. The van der Waals surface area contributed by atoms with Gasteiger partial charge < -0.3 is 35.3 Å². The van der Waals surface area contributed by atoms with E-state index in [1.165, 1.54) is 57.4 Å². The monoisotopic (exact) mass is 763 g/mol. The molecule has 0 radical (unpaired) electrons. The van der Waals surface area contributed by atoms with Gasteiger partial charge in [0.15, 0.2) is 0 Å². The molecule has 3 aromatic carbocycles. The number of carboxylic acids is 1. The Balaban J connectivity index is 1.68. The minimum Gasteiger partial charge on any atom is -0.495 e. The third-order valence-corrected chi connectivity index (χ3v) is 9.48. The van der Waals surface area contributed by atoms with Crippen molar-refractivity contribution < 1.29 is 47.3 Å². The molecular weight excluding hydrogens is 723 g/mol. The molecule has 52 heavy (non-hydrogen) atoms. The molecule has 15 heteroatoms. The third-order valence-electron chi connectivity index (χ3n) is 8.96. The van der Waals surface area contributed by atoms with Crippen molar-refractivity contribution >= 4 is 52.8 Å². The molecule has 1 unspecified atom stereocenters. The van der Waals surface area contributed by atoms with Crippen LogP contribution in [0.1, 0.15) is 75.4 Å². The van der Waals surface area contributed by atoms with E-state index >= 15 is 8.78 Å². The van der Waals surface area contributed by atoms with Crippen molar-refractivity contribution in [3.8, 4) is 5.75 Å². The summed E-state index contributed by atoms with van der Waals surface area (Å²) >= 11 is 12.4. The number of rotatable bonds is 11. The average molecular weight is 765 g/mol. The van der Waals surface area contributed by atoms with E-state index in [0.717, 1.165) is 0 Å². The molecule has 0 aliphatic carbocycles. The first-order valence-corrected chi connectivity index (χ1v) is 17.1. The van der Waals surface area contributed by atoms with E-state index in [1.54, 1.807) is 25.1 Å². The largest absolute Gasteiger partial charge is 0.495 e. The number of methoxy groups -OCH3 is 1. The van der Waals surface area contributed by atoms with Crippen LogP contribution >= 0.6 is 23.2 Å². The first-order valence-electron chi connectivity index (χ1n) is 16.3. The van der Waals surface area contributed by atoms with E-state index in [-0.39, 0.29) is 43.6 Å². The lowest BCUT2D eigenvalue weighted by molar-refractivity contribution is -0.139. The van der Waals surface area contributed by atoms with Gasteiger partial charge in [-0.2, -0.15) is 0 Å². The summed E-state index contributed by atoms with van der Waals surface area (Å²) in [4.78, 5) is 50.1. The molecule has 0 bridgehead atoms. The van der Waals surface area contributed by atoms with Crippen LogP contribution in [0, 0.1) is 17.0 Å². The van der Waals surface area contributed by atoms with Gasteiger partial charge in [0.2, 0.25) is 12.2 Å². The average Bonchev–Trinajstić information content (AvgIpc) is 3.32. The van der Waals surface area contributed by atoms with Crippen LogP contribution in [0.25, 0.3) is 0 Å². The Kier molecular flexibility index (Phi) is 12.4. The molecule has 4 N–H and O–H groups in total. The number of nitrogens with one attached hydrogen (secondary N) is 3. The summed E-state index contributed by atoms with van der Waals surface area (Å²) in [6, 6.07) is 9.92. The Labute approximate surface area is 310 Å². The fraction of sp³-hybridized carbons (Fsp3) is 0.405. The van der Waals surface area contributed by atoms with Crippen molar-refractivity contribution in [2.75, 3.05) is 12.4 Å². The minimum atomic E-state index is -1.39. The van der Waals surface area contributed by atoms with Crippen molar-refractivity contribution in [2.45, 2.75) is 83.7 Å². The van der Waals surface area contributed by atoms with Gasteiger partial charge in [-0.05, 0) is 66.3 Å². The van der Waals surface area contributed by atoms with E-state index < -0.39 is 71.3 Å². The fourth-order valence-corrected chi connectivity index (χ4v) is 6.84. The smallest absolute Gasteiger partial charge is 0.410 e. The number of esters is 1. The molecule has 0 spiro atoms. The normalized spacial score (nSPS) is 21.1. The molecule has 1 fully saturated rings. The molecule has 4 rings (SSSR count). The highest BCUT2D eigenvalue weighted by Gasteiger charge is 2.57. The number of ether oxygens (including phenoxy) is 3. The molecule has 6 atom stereocenters. The zero-order valence-corrected chi connectivity index (χ0v) is 31.1. The Morgan fingerprint density at radius 1 is 1.02 bits per heavy atom. The summed E-state index contributed by atoms with van der Waals surface area (Å²) in [7, 11) is 1.32. The number of amides is 2. The highest BCUT2D eigenvalue weighted by Crippen LogP contribution is 2.53. The predicted octanol–water partition coefficient (Wildman–Crippen LogP) is 7.44. The van der Waals surface area contributed by atoms with Crippen LogP contribution in [-0.2, 0) is 24.5 Å². The fourth-order valence-electron chi connectivity index (χ4n) is 6.50. The van der Waals surface area contributed by atoms with Gasteiger partial charge in [-0.25, -0.2) is 18.4 Å². The first kappa shape index (κ1) is 40.3. The second-order valence-electron chi connectivity index (χ2n) is 14.0. The van der Waals surface area contributed by atoms with Crippen molar-refractivity contribution in [1.29, 1.82) is 0 Å². The molecular formula is C37H41Cl2F2N3O8. The second-order valence-corrected chi connectivity index (χ2v) is 14.8. The first-order chi connectivity index (χ1) is 24.3. The van der Waals surface area contributed by atoms with Crippen LogP contribution in [0.5, 0.6) is 5.75 Å². The van der Waals surface area contributed by atoms with Crippen molar-refractivity contribution in [1.82, 2.24) is 10.6 Å². The zero-order chi connectivity index (χ0) is 38.7. The van der Waals surface area contributed by atoms with Gasteiger partial charge in [-0.15, -0.1) is 0 Å². The number of hydrogen-bond acceptors (Lipinski definition) is 8. The number of halogens is 4. The summed E-state index contributed by atoms with van der Waals surface area (Å²) in [5.41, 5.74) is -1.03. The van der Waals surface area contributed by atoms with Gasteiger partial charge in [0.25, 0.3) is 0 Å². The second kappa shape index (κ2) is 16.1. The van der Waals surface area contributed by atoms with Gasteiger partial charge in [0, 0.05) is 29.3 Å². The highest BCUT2D eigenvalue weighted by molar-refractivity contribution is 6.31. The van der Waals surface area contributed by atoms with E-state index in [2.05, 4.69) is 16.0 Å². The SMILES string of the molecule is COc1cc(C(=O)OC(C)OC(=O)N[C@@H](C)C(=O)O)ccc1NC(=O)[C@@H]1N[C@@H](CC(C)(C)C)[C@](C)(c2ccc(Cl)cc2F)[C@H]1c1cccc(Cl)c1F. The molecule has 0 saturated carbocycles. The Hall–Kier alpha value is -4.46. The molecule has 11 nitrogen and oxygen atoms in total. The van der Waals surface area contributed by atoms with Crippen LogP contribution in [0.3, 0.4) is 0 Å². The van der Waals surface area contributed by atoms with Gasteiger partial charge in [0.05, 0.1) is 29.4 Å². The zero-order valence-electron chi connectivity index (χ0n) is 29.6. The molecule has 1 heterocycles. The molecule has 0 aromatic heterocycles. The van der Waals surface area contributed by atoms with Crippen molar-refractivity contribution in [3.05, 3.63) is 93.0 Å². The molecule has 280 valence electrons. The number of carboxylic acid groups (broad SMARTS) is 1. The summed E-state index contributed by atoms with van der Waals surface area (Å²) in [5, 5.41) is 17.3. The minimum absolute atomic E-state index is 0.0292. The maximum atomic E-state index is 16.0. The quantitative estimate of drug-likeness (QED) is 0.115. The van der Waals surface area contributed by atoms with Crippen LogP contribution in [0.4, 0.5) is 19.3 Å². The van der Waals surface area contributed by atoms with E-state index in [9.17, 15) is 19.2 Å². The van der Waals surface area contributed by atoms with Crippen LogP contribution in [0.2, 0.25) is 10.0 Å². The summed E-state index contributed by atoms with van der Waals surface area (Å²) < 4.78 is 47.4. The number of hydrogen-bond donors (Lipinski definition) is 4. The number of alkyl carbamates (subject to hydrolysis) is 1. The lowest BCUT2D eigenvalue weighted by Gasteiger charge is -2.40. The summed E-state index contributed by atoms with van der Waals surface area (Å²) in [6.07, 6.45) is -2.03. The highest BCUT2D eigenvalue weighted by atomic mass is 35.5. The summed E-state index contributed by atoms with van der Waals surface area (Å²) in [5.74, 6) is -5.06. The number of benzene rings is 3. The maximum Gasteiger partial charge on any atom is 0.410 e. The molecule has 1 aliphatic heterocycles. The van der Waals surface area contributed by atoms with E-state index in [1.807, 2.05) is 20.8 Å². The van der Waals surface area contributed by atoms with Gasteiger partial charge in [0.1, 0.15) is 23.4 Å². The number of carbonyl (C=O) groups is 4. The van der Waals surface area contributed by atoms with Crippen molar-refractivity contribution in [3.63, 3.8) is 0 Å².